The number of aliphatic hydroxyl groups excluding tert-OH is 1. The second-order valence-corrected chi connectivity index (χ2v) is 12.3. The van der Waals surface area contributed by atoms with Gasteiger partial charge >= 0.3 is 0 Å². The molecule has 1 saturated heterocycles. The zero-order chi connectivity index (χ0) is 20.3. The molecule has 0 aromatic rings. The maximum absolute atomic E-state index is 10.3. The van der Waals surface area contributed by atoms with Gasteiger partial charge in [0.15, 0.2) is 0 Å². The smallest absolute Gasteiger partial charge is 0.103 e. The molecule has 9 atom stereocenters. The molecule has 0 radical (unpaired) electrons. The molecule has 29 heavy (non-hydrogen) atoms. The van der Waals surface area contributed by atoms with Crippen molar-refractivity contribution in [3.63, 3.8) is 0 Å². The minimum atomic E-state index is -0.119. The van der Waals surface area contributed by atoms with Crippen LogP contribution in [0.3, 0.4) is 0 Å². The van der Waals surface area contributed by atoms with Crippen molar-refractivity contribution in [3.05, 3.63) is 0 Å². The molecule has 4 aliphatic carbocycles. The Balaban J connectivity index is 1.25. The number of hydrogen-bond donors (Lipinski definition) is 1. The normalized spacial score (nSPS) is 53.0. The zero-order valence-corrected chi connectivity index (χ0v) is 19.4. The minimum absolute atomic E-state index is 0.0517. The van der Waals surface area contributed by atoms with Gasteiger partial charge in [0.1, 0.15) is 5.60 Å². The third-order valence-corrected chi connectivity index (χ3v) is 11.2. The van der Waals surface area contributed by atoms with Crippen LogP contribution in [0.2, 0.25) is 0 Å². The fourth-order valence-electron chi connectivity index (χ4n) is 9.41. The van der Waals surface area contributed by atoms with Crippen molar-refractivity contribution in [2.45, 2.75) is 135 Å². The van der Waals surface area contributed by atoms with Gasteiger partial charge in [-0.05, 0) is 80.5 Å². The molecule has 1 spiro atoms. The number of rotatable bonds is 7. The lowest BCUT2D eigenvalue weighted by Gasteiger charge is -2.59. The van der Waals surface area contributed by atoms with Crippen LogP contribution in [0.25, 0.3) is 0 Å². The molecule has 5 rings (SSSR count). The summed E-state index contributed by atoms with van der Waals surface area (Å²) in [5, 5.41) is 10.3. The second-order valence-electron chi connectivity index (χ2n) is 12.3. The minimum Gasteiger partial charge on any atom is -0.393 e. The third-order valence-electron chi connectivity index (χ3n) is 11.2. The maximum atomic E-state index is 10.3. The lowest BCUT2D eigenvalue weighted by Crippen LogP contribution is -2.58. The molecule has 4 saturated carbocycles. The highest BCUT2D eigenvalue weighted by Gasteiger charge is 2.75. The van der Waals surface area contributed by atoms with Crippen LogP contribution in [0.5, 0.6) is 0 Å². The number of aliphatic hydroxyl groups is 1. The van der Waals surface area contributed by atoms with E-state index in [0.717, 1.165) is 36.5 Å². The molecular weight excluding hydrogens is 356 g/mol. The predicted octanol–water partition coefficient (Wildman–Crippen LogP) is 6.89. The summed E-state index contributed by atoms with van der Waals surface area (Å²) in [7, 11) is 0. The molecule has 0 unspecified atom stereocenters. The van der Waals surface area contributed by atoms with Crippen molar-refractivity contribution < 1.29 is 9.84 Å². The molecule has 5 aliphatic rings. The van der Waals surface area contributed by atoms with Gasteiger partial charge in [-0.1, -0.05) is 59.3 Å². The van der Waals surface area contributed by atoms with E-state index in [9.17, 15) is 5.11 Å². The van der Waals surface area contributed by atoms with Gasteiger partial charge in [0.25, 0.3) is 0 Å². The Bertz CT molecular complexity index is 603. The molecule has 1 heterocycles. The van der Waals surface area contributed by atoms with E-state index in [1.807, 2.05) is 0 Å². The number of hydrogen-bond acceptors (Lipinski definition) is 2. The van der Waals surface area contributed by atoms with Crippen molar-refractivity contribution >= 4 is 0 Å². The van der Waals surface area contributed by atoms with Gasteiger partial charge in [-0.2, -0.15) is 0 Å². The van der Waals surface area contributed by atoms with Gasteiger partial charge in [0.05, 0.1) is 12.2 Å². The first-order valence-electron chi connectivity index (χ1n) is 13.3. The summed E-state index contributed by atoms with van der Waals surface area (Å²) in [4.78, 5) is 0. The molecule has 2 nitrogen and oxygen atoms in total. The highest BCUT2D eigenvalue weighted by atomic mass is 16.6. The van der Waals surface area contributed by atoms with Gasteiger partial charge in [0.2, 0.25) is 0 Å². The Kier molecular flexibility index (Phi) is 5.38. The van der Waals surface area contributed by atoms with Crippen LogP contribution >= 0.6 is 0 Å². The number of ether oxygens (including phenoxy) is 1. The maximum Gasteiger partial charge on any atom is 0.103 e. The standard InChI is InChI=1S/C27H46O2/c1-4-5-6-7-8-9-10-19-11-12-22-21-17-24-27(29-24)18-20(28)13-16-26(27,3)23(21)14-15-25(19,22)2/h19-24,28H,4-18H2,1-3H3/t19-,20-,21-,22-,23-,24+,25+,26+,27+/m0/s1. The Morgan fingerprint density at radius 1 is 0.897 bits per heavy atom. The summed E-state index contributed by atoms with van der Waals surface area (Å²) in [6.45, 7) is 7.56. The first kappa shape index (κ1) is 20.8. The Morgan fingerprint density at radius 3 is 2.52 bits per heavy atom. The van der Waals surface area contributed by atoms with Crippen molar-refractivity contribution in [1.82, 2.24) is 0 Å². The number of unbranched alkanes of at least 4 members (excludes halogenated alkanes) is 5. The zero-order valence-electron chi connectivity index (χ0n) is 19.4. The number of fused-ring (bicyclic) bond motifs is 4. The molecule has 166 valence electrons. The van der Waals surface area contributed by atoms with Gasteiger partial charge in [0, 0.05) is 11.8 Å². The summed E-state index contributed by atoms with van der Waals surface area (Å²) in [6, 6.07) is 0. The lowest BCUT2D eigenvalue weighted by atomic mass is 9.44. The Hall–Kier alpha value is -0.0800. The molecule has 0 aromatic heterocycles. The fraction of sp³-hybridized carbons (Fsp3) is 1.00. The second kappa shape index (κ2) is 7.51. The van der Waals surface area contributed by atoms with Gasteiger partial charge in [-0.3, -0.25) is 0 Å². The number of epoxide rings is 1. The van der Waals surface area contributed by atoms with E-state index in [-0.39, 0.29) is 11.7 Å². The first-order chi connectivity index (χ1) is 13.9. The van der Waals surface area contributed by atoms with Gasteiger partial charge < -0.3 is 9.84 Å². The SMILES string of the molecule is CCCCCCCC[C@H]1CC[C@H]2[C@@H]3C[C@H]4O[C@]45C[C@@H](O)CC[C@]5(C)[C@H]3CC[C@]12C. The quantitative estimate of drug-likeness (QED) is 0.371. The third kappa shape index (κ3) is 3.09. The molecular formula is C27H46O2. The van der Waals surface area contributed by atoms with Crippen LogP contribution in [0.1, 0.15) is 117 Å². The molecule has 5 fully saturated rings. The van der Waals surface area contributed by atoms with E-state index in [1.54, 1.807) is 0 Å². The summed E-state index contributed by atoms with van der Waals surface area (Å²) >= 11 is 0. The van der Waals surface area contributed by atoms with Crippen LogP contribution in [-0.2, 0) is 4.74 Å². The van der Waals surface area contributed by atoms with E-state index >= 15 is 0 Å². The van der Waals surface area contributed by atoms with E-state index in [1.165, 1.54) is 83.5 Å². The van der Waals surface area contributed by atoms with Crippen LogP contribution in [0, 0.1) is 34.5 Å². The van der Waals surface area contributed by atoms with E-state index < -0.39 is 0 Å². The molecule has 0 amide bonds. The Morgan fingerprint density at radius 2 is 1.69 bits per heavy atom. The summed E-state index contributed by atoms with van der Waals surface area (Å²) in [6.07, 6.45) is 20.7. The van der Waals surface area contributed by atoms with Crippen molar-refractivity contribution in [2.24, 2.45) is 34.5 Å². The summed E-state index contributed by atoms with van der Waals surface area (Å²) in [5.74, 6) is 3.66. The van der Waals surface area contributed by atoms with Crippen molar-refractivity contribution in [3.8, 4) is 0 Å². The summed E-state index contributed by atoms with van der Waals surface area (Å²) in [5.41, 5.74) is 0.985. The monoisotopic (exact) mass is 402 g/mol. The fourth-order valence-corrected chi connectivity index (χ4v) is 9.41. The predicted molar refractivity (Wildman–Crippen MR) is 119 cm³/mol. The van der Waals surface area contributed by atoms with E-state index in [2.05, 4.69) is 20.8 Å². The van der Waals surface area contributed by atoms with Crippen LogP contribution in [-0.4, -0.2) is 22.9 Å². The molecule has 0 bridgehead atoms. The highest BCUT2D eigenvalue weighted by molar-refractivity contribution is 5.24. The van der Waals surface area contributed by atoms with Crippen molar-refractivity contribution in [1.29, 1.82) is 0 Å². The molecule has 1 aliphatic heterocycles. The first-order valence-corrected chi connectivity index (χ1v) is 13.3. The average molecular weight is 403 g/mol. The van der Waals surface area contributed by atoms with Gasteiger partial charge in [-0.25, -0.2) is 0 Å². The van der Waals surface area contributed by atoms with Crippen molar-refractivity contribution in [2.75, 3.05) is 0 Å². The largest absolute Gasteiger partial charge is 0.393 e. The molecule has 0 aromatic carbocycles. The topological polar surface area (TPSA) is 32.8 Å². The Labute approximate surface area is 179 Å². The van der Waals surface area contributed by atoms with Crippen LogP contribution < -0.4 is 0 Å². The molecule has 1 N–H and O–H groups in total. The summed E-state index contributed by atoms with van der Waals surface area (Å²) < 4.78 is 6.49. The average Bonchev–Trinajstić information content (AvgIpc) is 3.28. The van der Waals surface area contributed by atoms with Gasteiger partial charge in [-0.15, -0.1) is 0 Å². The van der Waals surface area contributed by atoms with Crippen LogP contribution in [0.15, 0.2) is 0 Å². The van der Waals surface area contributed by atoms with Crippen LogP contribution in [0.4, 0.5) is 0 Å². The van der Waals surface area contributed by atoms with E-state index in [4.69, 9.17) is 4.74 Å². The molecule has 2 heteroatoms. The van der Waals surface area contributed by atoms with E-state index in [0.29, 0.717) is 16.9 Å². The lowest BCUT2D eigenvalue weighted by molar-refractivity contribution is -0.114. The highest BCUT2D eigenvalue weighted by Crippen LogP contribution is 2.74.